The van der Waals surface area contributed by atoms with Crippen molar-refractivity contribution >= 4 is 33.4 Å². The van der Waals surface area contributed by atoms with Gasteiger partial charge in [-0.1, -0.05) is 36.4 Å². The minimum absolute atomic E-state index is 0.194. The van der Waals surface area contributed by atoms with E-state index in [0.717, 1.165) is 27.0 Å². The second-order valence-electron chi connectivity index (χ2n) is 8.01. The maximum absolute atomic E-state index is 12.8. The highest BCUT2D eigenvalue weighted by molar-refractivity contribution is 7.20. The fourth-order valence-electron chi connectivity index (χ4n) is 3.73. The first-order valence-corrected chi connectivity index (χ1v) is 11.7. The number of hydrogen-bond acceptors (Lipinski definition) is 7. The summed E-state index contributed by atoms with van der Waals surface area (Å²) in [6, 6.07) is 17.3. The summed E-state index contributed by atoms with van der Waals surface area (Å²) in [5, 5.41) is 8.30. The Bertz CT molecular complexity index is 1360. The molecule has 0 radical (unpaired) electrons. The van der Waals surface area contributed by atoms with Gasteiger partial charge in [0.15, 0.2) is 17.6 Å². The van der Waals surface area contributed by atoms with Crippen LogP contribution in [0.1, 0.15) is 33.4 Å². The Labute approximate surface area is 200 Å². The van der Waals surface area contributed by atoms with E-state index in [0.29, 0.717) is 22.9 Å². The van der Waals surface area contributed by atoms with E-state index in [4.69, 9.17) is 14.2 Å². The summed E-state index contributed by atoms with van der Waals surface area (Å²) >= 11 is 1.32. The lowest BCUT2D eigenvalue weighted by molar-refractivity contribution is -0.129. The van der Waals surface area contributed by atoms with E-state index in [9.17, 15) is 9.59 Å². The summed E-state index contributed by atoms with van der Waals surface area (Å²) in [4.78, 5) is 26.6. The SMILES string of the molecule is Cc1nn(Cc2ccccc2)c2sc(C(=O)OC(C)C(=O)NCc3ccc4c(c3)OCO4)cc12. The van der Waals surface area contributed by atoms with Crippen LogP contribution in [-0.2, 0) is 22.6 Å². The van der Waals surface area contributed by atoms with Gasteiger partial charge in [0.05, 0.1) is 12.2 Å². The number of rotatable bonds is 7. The number of nitrogens with zero attached hydrogens (tertiary/aromatic N) is 2. The Hall–Kier alpha value is -3.85. The topological polar surface area (TPSA) is 91.7 Å². The standard InChI is InChI=1S/C25H23N3O5S/c1-15-19-11-22(34-24(19)28(27-15)13-17-6-4-3-5-7-17)25(30)33-16(2)23(29)26-12-18-8-9-20-21(10-18)32-14-31-20/h3-11,16H,12-14H2,1-2H3,(H,26,29). The highest BCUT2D eigenvalue weighted by Crippen LogP contribution is 2.32. The lowest BCUT2D eigenvalue weighted by atomic mass is 10.2. The third-order valence-electron chi connectivity index (χ3n) is 5.54. The molecule has 9 heteroatoms. The van der Waals surface area contributed by atoms with Crippen LogP contribution in [0.3, 0.4) is 0 Å². The molecule has 1 aliphatic heterocycles. The summed E-state index contributed by atoms with van der Waals surface area (Å²) in [7, 11) is 0. The molecular weight excluding hydrogens is 454 g/mol. The molecule has 2 aromatic heterocycles. The molecule has 0 saturated carbocycles. The monoisotopic (exact) mass is 477 g/mol. The number of fused-ring (bicyclic) bond motifs is 2. The summed E-state index contributed by atoms with van der Waals surface area (Å²) in [5.41, 5.74) is 2.83. The van der Waals surface area contributed by atoms with Gasteiger partial charge in [0.2, 0.25) is 6.79 Å². The zero-order valence-electron chi connectivity index (χ0n) is 18.7. The van der Waals surface area contributed by atoms with Gasteiger partial charge < -0.3 is 19.5 Å². The molecule has 4 aromatic rings. The van der Waals surface area contributed by atoms with Crippen LogP contribution in [-0.4, -0.2) is 34.6 Å². The summed E-state index contributed by atoms with van der Waals surface area (Å²) in [6.07, 6.45) is -0.936. The normalized spacial score (nSPS) is 13.1. The highest BCUT2D eigenvalue weighted by Gasteiger charge is 2.22. The molecule has 34 heavy (non-hydrogen) atoms. The molecule has 0 spiro atoms. The van der Waals surface area contributed by atoms with Gasteiger partial charge in [-0.3, -0.25) is 9.48 Å². The largest absolute Gasteiger partial charge is 0.454 e. The first-order chi connectivity index (χ1) is 16.5. The van der Waals surface area contributed by atoms with Crippen molar-refractivity contribution < 1.29 is 23.8 Å². The van der Waals surface area contributed by atoms with Crippen molar-refractivity contribution in [3.63, 3.8) is 0 Å². The molecule has 0 saturated heterocycles. The van der Waals surface area contributed by atoms with Gasteiger partial charge in [0.1, 0.15) is 9.71 Å². The Morgan fingerprint density at radius 2 is 1.91 bits per heavy atom. The summed E-state index contributed by atoms with van der Waals surface area (Å²) in [5.74, 6) is 0.427. The molecule has 3 heterocycles. The molecule has 1 aliphatic rings. The third-order valence-corrected chi connectivity index (χ3v) is 6.67. The van der Waals surface area contributed by atoms with Crippen molar-refractivity contribution in [2.24, 2.45) is 0 Å². The van der Waals surface area contributed by atoms with Crippen molar-refractivity contribution in [2.45, 2.75) is 33.0 Å². The van der Waals surface area contributed by atoms with E-state index >= 15 is 0 Å². The van der Waals surface area contributed by atoms with Gasteiger partial charge in [0.25, 0.3) is 5.91 Å². The minimum atomic E-state index is -0.936. The van der Waals surface area contributed by atoms with E-state index in [-0.39, 0.29) is 19.2 Å². The van der Waals surface area contributed by atoms with Crippen LogP contribution < -0.4 is 14.8 Å². The van der Waals surface area contributed by atoms with Crippen LogP contribution in [0.5, 0.6) is 11.5 Å². The molecule has 1 amide bonds. The second-order valence-corrected chi connectivity index (χ2v) is 9.04. The van der Waals surface area contributed by atoms with Crippen molar-refractivity contribution in [3.05, 3.63) is 76.3 Å². The maximum atomic E-state index is 12.8. The van der Waals surface area contributed by atoms with E-state index in [2.05, 4.69) is 10.4 Å². The Morgan fingerprint density at radius 3 is 2.74 bits per heavy atom. The molecule has 174 valence electrons. The lowest BCUT2D eigenvalue weighted by Gasteiger charge is -2.13. The number of benzene rings is 2. The molecule has 1 unspecified atom stereocenters. The number of hydrogen-bond donors (Lipinski definition) is 1. The molecule has 1 N–H and O–H groups in total. The number of amides is 1. The number of esters is 1. The average Bonchev–Trinajstić information content (AvgIpc) is 3.55. The fourth-order valence-corrected chi connectivity index (χ4v) is 4.78. The van der Waals surface area contributed by atoms with Crippen LogP contribution in [0.2, 0.25) is 0 Å². The van der Waals surface area contributed by atoms with Crippen molar-refractivity contribution in [2.75, 3.05) is 6.79 Å². The molecule has 0 fully saturated rings. The molecular formula is C25H23N3O5S. The predicted molar refractivity (Wildman–Crippen MR) is 127 cm³/mol. The predicted octanol–water partition coefficient (Wildman–Crippen LogP) is 4.04. The van der Waals surface area contributed by atoms with Crippen molar-refractivity contribution in [3.8, 4) is 11.5 Å². The quantitative estimate of drug-likeness (QED) is 0.404. The van der Waals surface area contributed by atoms with E-state index in [1.54, 1.807) is 19.1 Å². The van der Waals surface area contributed by atoms with Gasteiger partial charge in [-0.25, -0.2) is 4.79 Å². The Balaban J connectivity index is 1.22. The molecule has 0 bridgehead atoms. The lowest BCUT2D eigenvalue weighted by Crippen LogP contribution is -2.35. The molecule has 2 aromatic carbocycles. The minimum Gasteiger partial charge on any atom is -0.454 e. The zero-order chi connectivity index (χ0) is 23.7. The van der Waals surface area contributed by atoms with E-state index < -0.39 is 12.1 Å². The van der Waals surface area contributed by atoms with Gasteiger partial charge in [-0.2, -0.15) is 5.10 Å². The third kappa shape index (κ3) is 4.47. The number of aryl methyl sites for hydroxylation is 1. The van der Waals surface area contributed by atoms with Crippen LogP contribution >= 0.6 is 11.3 Å². The smallest absolute Gasteiger partial charge is 0.349 e. The number of thiophene rings is 1. The zero-order valence-corrected chi connectivity index (χ0v) is 19.6. The highest BCUT2D eigenvalue weighted by atomic mass is 32.1. The van der Waals surface area contributed by atoms with Crippen LogP contribution in [0.4, 0.5) is 0 Å². The summed E-state index contributed by atoms with van der Waals surface area (Å²) < 4.78 is 18.0. The Kier molecular flexibility index (Phi) is 5.93. The molecule has 8 nitrogen and oxygen atoms in total. The number of nitrogens with one attached hydrogen (secondary N) is 1. The van der Waals surface area contributed by atoms with Gasteiger partial charge in [-0.15, -0.1) is 11.3 Å². The fraction of sp³-hybridized carbons (Fsp3) is 0.240. The Morgan fingerprint density at radius 1 is 1.12 bits per heavy atom. The van der Waals surface area contributed by atoms with Crippen LogP contribution in [0, 0.1) is 6.92 Å². The van der Waals surface area contributed by atoms with E-state index in [1.807, 2.05) is 54.1 Å². The first-order valence-electron chi connectivity index (χ1n) is 10.9. The molecule has 5 rings (SSSR count). The average molecular weight is 478 g/mol. The number of carbonyl (C=O) groups excluding carboxylic acids is 2. The molecule has 1 atom stereocenters. The van der Waals surface area contributed by atoms with Gasteiger partial charge >= 0.3 is 5.97 Å². The number of aromatic nitrogens is 2. The van der Waals surface area contributed by atoms with Gasteiger partial charge in [-0.05, 0) is 43.2 Å². The first kappa shape index (κ1) is 22.0. The molecule has 0 aliphatic carbocycles. The van der Waals surface area contributed by atoms with Gasteiger partial charge in [0, 0.05) is 11.9 Å². The van der Waals surface area contributed by atoms with E-state index in [1.165, 1.54) is 11.3 Å². The van der Waals surface area contributed by atoms with Crippen LogP contribution in [0.25, 0.3) is 10.2 Å². The second kappa shape index (κ2) is 9.18. The number of ether oxygens (including phenoxy) is 3. The van der Waals surface area contributed by atoms with Crippen molar-refractivity contribution in [1.29, 1.82) is 0 Å². The number of carbonyl (C=O) groups is 2. The van der Waals surface area contributed by atoms with Crippen molar-refractivity contribution in [1.82, 2.24) is 15.1 Å². The van der Waals surface area contributed by atoms with Crippen LogP contribution in [0.15, 0.2) is 54.6 Å². The maximum Gasteiger partial charge on any atom is 0.349 e. The summed E-state index contributed by atoms with van der Waals surface area (Å²) in [6.45, 7) is 4.56.